The van der Waals surface area contributed by atoms with E-state index in [1.165, 1.54) is 36.5 Å². The number of hydrogen-bond acceptors (Lipinski definition) is 5. The van der Waals surface area contributed by atoms with Crippen LogP contribution >= 0.6 is 34.8 Å². The minimum Gasteiger partial charge on any atom is -0.483 e. The summed E-state index contributed by atoms with van der Waals surface area (Å²) in [5, 5.41) is 9.43. The summed E-state index contributed by atoms with van der Waals surface area (Å²) in [5.41, 5.74) is 2.94. The van der Waals surface area contributed by atoms with Crippen molar-refractivity contribution in [3.63, 3.8) is 0 Å². The first-order valence-corrected chi connectivity index (χ1v) is 10.9. The second kappa shape index (κ2) is 12.2. The smallest absolute Gasteiger partial charge is 0.329 e. The number of anilines is 2. The number of nitrogens with zero attached hydrogens (tertiary/aromatic N) is 1. The maximum absolute atomic E-state index is 12.9. The zero-order chi connectivity index (χ0) is 25.4. The topological polar surface area (TPSA) is 109 Å². The van der Waals surface area contributed by atoms with E-state index < -0.39 is 23.5 Å². The van der Waals surface area contributed by atoms with Crippen LogP contribution in [-0.2, 0) is 14.4 Å². The molecule has 0 aliphatic carbocycles. The van der Waals surface area contributed by atoms with Gasteiger partial charge in [0.1, 0.15) is 11.6 Å². The SMILES string of the molecule is O=C(COc1ccc(Cl)cc1/C=N\NC(=O)C(=O)Nc1ccc(F)cc1)Nc1cccc(Cl)c1Cl. The van der Waals surface area contributed by atoms with E-state index in [1.807, 2.05) is 0 Å². The van der Waals surface area contributed by atoms with Crippen LogP contribution in [-0.4, -0.2) is 30.5 Å². The van der Waals surface area contributed by atoms with Crippen molar-refractivity contribution >= 4 is 70.1 Å². The van der Waals surface area contributed by atoms with Crippen molar-refractivity contribution in [2.24, 2.45) is 5.10 Å². The van der Waals surface area contributed by atoms with E-state index in [-0.39, 0.29) is 28.1 Å². The van der Waals surface area contributed by atoms with Crippen molar-refractivity contribution < 1.29 is 23.5 Å². The van der Waals surface area contributed by atoms with Gasteiger partial charge in [-0.1, -0.05) is 40.9 Å². The predicted molar refractivity (Wildman–Crippen MR) is 133 cm³/mol. The summed E-state index contributed by atoms with van der Waals surface area (Å²) in [6.07, 6.45) is 1.19. The van der Waals surface area contributed by atoms with E-state index in [1.54, 1.807) is 18.2 Å². The number of carbonyl (C=O) groups is 3. The Morgan fingerprint density at radius 3 is 2.43 bits per heavy atom. The lowest BCUT2D eigenvalue weighted by Gasteiger charge is -2.11. The van der Waals surface area contributed by atoms with Crippen LogP contribution in [0.5, 0.6) is 5.75 Å². The molecule has 3 aromatic rings. The molecule has 0 bridgehead atoms. The molecule has 0 radical (unpaired) electrons. The van der Waals surface area contributed by atoms with Crippen LogP contribution < -0.4 is 20.8 Å². The number of halogens is 4. The summed E-state index contributed by atoms with van der Waals surface area (Å²) in [4.78, 5) is 36.1. The van der Waals surface area contributed by atoms with Crippen LogP contribution in [0.4, 0.5) is 15.8 Å². The number of hydrogen-bond donors (Lipinski definition) is 3. The van der Waals surface area contributed by atoms with Gasteiger partial charge in [0, 0.05) is 16.3 Å². The molecule has 3 N–H and O–H groups in total. The van der Waals surface area contributed by atoms with Crippen molar-refractivity contribution in [1.82, 2.24) is 5.43 Å². The molecule has 180 valence electrons. The first-order valence-electron chi connectivity index (χ1n) is 9.79. The monoisotopic (exact) mass is 536 g/mol. The van der Waals surface area contributed by atoms with E-state index in [2.05, 4.69) is 21.2 Å². The molecule has 0 unspecified atom stereocenters. The van der Waals surface area contributed by atoms with Crippen molar-refractivity contribution in [2.45, 2.75) is 0 Å². The zero-order valence-electron chi connectivity index (χ0n) is 17.7. The van der Waals surface area contributed by atoms with Gasteiger partial charge in [-0.2, -0.15) is 5.10 Å². The molecule has 0 aliphatic heterocycles. The van der Waals surface area contributed by atoms with E-state index in [0.717, 1.165) is 12.1 Å². The molecule has 0 saturated heterocycles. The number of amides is 3. The Labute approximate surface area is 214 Å². The largest absolute Gasteiger partial charge is 0.483 e. The predicted octanol–water partition coefficient (Wildman–Crippen LogP) is 4.89. The first kappa shape index (κ1) is 26.0. The summed E-state index contributed by atoms with van der Waals surface area (Å²) in [7, 11) is 0. The van der Waals surface area contributed by atoms with Gasteiger partial charge in [-0.05, 0) is 54.6 Å². The van der Waals surface area contributed by atoms with Crippen molar-refractivity contribution in [1.29, 1.82) is 0 Å². The van der Waals surface area contributed by atoms with Crippen LogP contribution in [0, 0.1) is 5.82 Å². The Kier molecular flexibility index (Phi) is 9.02. The number of nitrogens with one attached hydrogen (secondary N) is 3. The fraction of sp³-hybridized carbons (Fsp3) is 0.0435. The molecule has 0 fully saturated rings. The third kappa shape index (κ3) is 7.68. The minimum atomic E-state index is -1.06. The highest BCUT2D eigenvalue weighted by molar-refractivity contribution is 6.44. The van der Waals surface area contributed by atoms with Crippen LogP contribution in [0.15, 0.2) is 65.8 Å². The highest BCUT2D eigenvalue weighted by Gasteiger charge is 2.14. The average molecular weight is 538 g/mol. The highest BCUT2D eigenvalue weighted by atomic mass is 35.5. The number of carbonyl (C=O) groups excluding carboxylic acids is 3. The number of benzene rings is 3. The van der Waals surface area contributed by atoms with Crippen molar-refractivity contribution in [3.05, 3.63) is 87.1 Å². The summed E-state index contributed by atoms with van der Waals surface area (Å²) in [5.74, 6) is -2.82. The Morgan fingerprint density at radius 2 is 1.69 bits per heavy atom. The Hall–Kier alpha value is -3.66. The van der Waals surface area contributed by atoms with Crippen LogP contribution in [0.1, 0.15) is 5.56 Å². The molecule has 0 aliphatic rings. The second-order valence-corrected chi connectivity index (χ2v) is 8.00. The lowest BCUT2D eigenvalue weighted by molar-refractivity contribution is -0.136. The normalized spacial score (nSPS) is 10.6. The second-order valence-electron chi connectivity index (χ2n) is 6.78. The molecule has 12 heteroatoms. The van der Waals surface area contributed by atoms with Crippen molar-refractivity contribution in [3.8, 4) is 5.75 Å². The summed E-state index contributed by atoms with van der Waals surface area (Å²) in [6.45, 7) is -0.377. The van der Waals surface area contributed by atoms with Crippen LogP contribution in [0.25, 0.3) is 0 Å². The van der Waals surface area contributed by atoms with Gasteiger partial charge >= 0.3 is 11.8 Å². The van der Waals surface area contributed by atoms with Crippen LogP contribution in [0.3, 0.4) is 0 Å². The maximum atomic E-state index is 12.9. The molecule has 0 atom stereocenters. The van der Waals surface area contributed by atoms with Gasteiger partial charge in [-0.25, -0.2) is 9.82 Å². The molecule has 0 aromatic heterocycles. The zero-order valence-corrected chi connectivity index (χ0v) is 19.9. The third-order valence-corrected chi connectivity index (χ3v) is 5.29. The first-order chi connectivity index (χ1) is 16.7. The molecule has 3 amide bonds. The minimum absolute atomic E-state index is 0.195. The Morgan fingerprint density at radius 1 is 0.943 bits per heavy atom. The lowest BCUT2D eigenvalue weighted by atomic mass is 10.2. The highest BCUT2D eigenvalue weighted by Crippen LogP contribution is 2.29. The average Bonchev–Trinajstić information content (AvgIpc) is 2.83. The lowest BCUT2D eigenvalue weighted by Crippen LogP contribution is -2.32. The van der Waals surface area contributed by atoms with Crippen LogP contribution in [0.2, 0.25) is 15.1 Å². The van der Waals surface area contributed by atoms with Gasteiger partial charge < -0.3 is 15.4 Å². The molecule has 8 nitrogen and oxygen atoms in total. The molecule has 35 heavy (non-hydrogen) atoms. The molecule has 0 spiro atoms. The van der Waals surface area contributed by atoms with Gasteiger partial charge in [0.25, 0.3) is 5.91 Å². The number of rotatable bonds is 7. The van der Waals surface area contributed by atoms with Crippen molar-refractivity contribution in [2.75, 3.05) is 17.2 Å². The van der Waals surface area contributed by atoms with E-state index in [0.29, 0.717) is 16.3 Å². The molecule has 0 heterocycles. The number of hydrazone groups is 1. The molecule has 0 saturated carbocycles. The van der Waals surface area contributed by atoms with Gasteiger partial charge in [-0.3, -0.25) is 14.4 Å². The molecular formula is C23H16Cl3FN4O4. The summed E-state index contributed by atoms with van der Waals surface area (Å²) >= 11 is 18.0. The Balaban J connectivity index is 1.58. The summed E-state index contributed by atoms with van der Waals surface area (Å²) in [6, 6.07) is 14.2. The Bertz CT molecular complexity index is 1290. The summed E-state index contributed by atoms with van der Waals surface area (Å²) < 4.78 is 18.5. The van der Waals surface area contributed by atoms with Gasteiger partial charge in [-0.15, -0.1) is 0 Å². The quantitative estimate of drug-likeness (QED) is 0.226. The maximum Gasteiger partial charge on any atom is 0.329 e. The van der Waals surface area contributed by atoms with E-state index in [9.17, 15) is 18.8 Å². The number of ether oxygens (including phenoxy) is 1. The van der Waals surface area contributed by atoms with E-state index >= 15 is 0 Å². The molecule has 3 aromatic carbocycles. The fourth-order valence-electron chi connectivity index (χ4n) is 2.61. The third-order valence-electron chi connectivity index (χ3n) is 4.23. The van der Waals surface area contributed by atoms with Gasteiger partial charge in [0.2, 0.25) is 0 Å². The standard InChI is InChI=1S/C23H16Cl3FN4O4/c24-14-4-9-19(35-12-20(32)30-18-3-1-2-17(25)21(18)26)13(10-14)11-28-31-23(34)22(33)29-16-7-5-15(27)6-8-16/h1-11H,12H2,(H,29,33)(H,30,32)(H,31,34)/b28-11-. The molecular weight excluding hydrogens is 522 g/mol. The fourth-order valence-corrected chi connectivity index (χ4v) is 3.14. The van der Waals surface area contributed by atoms with E-state index in [4.69, 9.17) is 39.5 Å². The van der Waals surface area contributed by atoms with Gasteiger partial charge in [0.15, 0.2) is 6.61 Å². The van der Waals surface area contributed by atoms with Gasteiger partial charge in [0.05, 0.1) is 21.9 Å². The molecule has 3 rings (SSSR count).